The van der Waals surface area contributed by atoms with Crippen molar-refractivity contribution in [2.24, 2.45) is 0 Å². The van der Waals surface area contributed by atoms with Crippen LogP contribution < -0.4 is 4.90 Å². The van der Waals surface area contributed by atoms with E-state index in [-0.39, 0.29) is 0 Å². The van der Waals surface area contributed by atoms with Crippen LogP contribution in [0.3, 0.4) is 0 Å². The summed E-state index contributed by atoms with van der Waals surface area (Å²) in [4.78, 5) is 9.44. The first kappa shape index (κ1) is 17.3. The fraction of sp³-hybridized carbons (Fsp3) is 0.688. The molecule has 1 rings (SSSR count). The van der Waals surface area contributed by atoms with Crippen LogP contribution in [0, 0.1) is 6.92 Å². The Balaban J connectivity index is 2.64. The summed E-state index contributed by atoms with van der Waals surface area (Å²) in [7, 11) is 0. The highest BCUT2D eigenvalue weighted by atomic mass is 35.5. The van der Waals surface area contributed by atoms with Crippen LogP contribution in [0.25, 0.3) is 0 Å². The van der Waals surface area contributed by atoms with Crippen molar-refractivity contribution in [3.8, 4) is 0 Å². The number of nitrogens with zero attached hydrogens (tertiary/aromatic N) is 3. The average molecular weight is 298 g/mol. The van der Waals surface area contributed by atoms with Crippen molar-refractivity contribution < 1.29 is 0 Å². The van der Waals surface area contributed by atoms with E-state index in [1.165, 1.54) is 6.42 Å². The summed E-state index contributed by atoms with van der Waals surface area (Å²) >= 11 is 5.95. The largest absolute Gasteiger partial charge is 0.357 e. The van der Waals surface area contributed by atoms with Crippen molar-refractivity contribution in [1.82, 2.24) is 9.88 Å². The number of hydrogen-bond donors (Lipinski definition) is 0. The van der Waals surface area contributed by atoms with Gasteiger partial charge in [-0.1, -0.05) is 13.8 Å². The fourth-order valence-corrected chi connectivity index (χ4v) is 2.57. The summed E-state index contributed by atoms with van der Waals surface area (Å²) in [5.41, 5.74) is 2.19. The van der Waals surface area contributed by atoms with E-state index >= 15 is 0 Å². The smallest absolute Gasteiger partial charge is 0.129 e. The summed E-state index contributed by atoms with van der Waals surface area (Å²) in [6.45, 7) is 14.1. The highest BCUT2D eigenvalue weighted by molar-refractivity contribution is 6.17. The maximum atomic E-state index is 5.95. The number of anilines is 1. The van der Waals surface area contributed by atoms with Gasteiger partial charge in [0.05, 0.1) is 0 Å². The Bertz CT molecular complexity index is 391. The van der Waals surface area contributed by atoms with Gasteiger partial charge in [0.1, 0.15) is 5.82 Å². The minimum absolute atomic E-state index is 0.549. The van der Waals surface area contributed by atoms with Crippen LogP contribution in [0.5, 0.6) is 0 Å². The van der Waals surface area contributed by atoms with Gasteiger partial charge in [-0.15, -0.1) is 11.6 Å². The average Bonchev–Trinajstić information content (AvgIpc) is 2.47. The molecule has 1 aromatic rings. The molecule has 1 aromatic heterocycles. The van der Waals surface area contributed by atoms with Gasteiger partial charge >= 0.3 is 0 Å². The number of alkyl halides is 1. The van der Waals surface area contributed by atoms with Crippen LogP contribution in [-0.2, 0) is 5.88 Å². The van der Waals surface area contributed by atoms with Gasteiger partial charge in [-0.2, -0.15) is 0 Å². The number of pyridine rings is 1. The molecule has 0 spiro atoms. The first-order chi connectivity index (χ1) is 9.64. The highest BCUT2D eigenvalue weighted by Crippen LogP contribution is 2.16. The molecule has 0 aromatic carbocycles. The van der Waals surface area contributed by atoms with Crippen LogP contribution in [0.4, 0.5) is 5.82 Å². The molecule has 0 radical (unpaired) electrons. The maximum Gasteiger partial charge on any atom is 0.129 e. The van der Waals surface area contributed by atoms with Crippen molar-refractivity contribution in [3.05, 3.63) is 23.4 Å². The Morgan fingerprint density at radius 3 is 2.30 bits per heavy atom. The summed E-state index contributed by atoms with van der Waals surface area (Å²) in [5, 5.41) is 0. The van der Waals surface area contributed by atoms with E-state index in [0.29, 0.717) is 5.88 Å². The third-order valence-electron chi connectivity index (χ3n) is 3.66. The summed E-state index contributed by atoms with van der Waals surface area (Å²) in [5.74, 6) is 1.61. The molecule has 0 amide bonds. The summed E-state index contributed by atoms with van der Waals surface area (Å²) in [6.07, 6.45) is 1.17. The molecule has 0 aliphatic rings. The molecule has 0 bridgehead atoms. The third-order valence-corrected chi connectivity index (χ3v) is 3.97. The van der Waals surface area contributed by atoms with Crippen LogP contribution in [-0.4, -0.2) is 42.6 Å². The standard InChI is InChI=1S/C16H28ClN3/c1-5-19(6-2)9-8-10-20(7-3)16-12-15(13-17)11-14(4)18-16/h11-12H,5-10,13H2,1-4H3. The normalized spacial score (nSPS) is 11.1. The molecule has 0 fully saturated rings. The zero-order valence-electron chi connectivity index (χ0n) is 13.3. The van der Waals surface area contributed by atoms with Crippen molar-refractivity contribution >= 4 is 17.4 Å². The zero-order chi connectivity index (χ0) is 15.0. The van der Waals surface area contributed by atoms with Crippen molar-refractivity contribution in [2.75, 3.05) is 37.6 Å². The van der Waals surface area contributed by atoms with Crippen LogP contribution in [0.1, 0.15) is 38.4 Å². The van der Waals surface area contributed by atoms with E-state index in [0.717, 1.165) is 49.8 Å². The van der Waals surface area contributed by atoms with Crippen LogP contribution in [0.15, 0.2) is 12.1 Å². The van der Waals surface area contributed by atoms with E-state index in [1.54, 1.807) is 0 Å². The van der Waals surface area contributed by atoms with E-state index in [2.05, 4.69) is 47.7 Å². The molecular weight excluding hydrogens is 270 g/mol. The molecule has 0 aliphatic heterocycles. The molecule has 0 saturated heterocycles. The Kier molecular flexibility index (Phi) is 7.93. The van der Waals surface area contributed by atoms with Gasteiger partial charge in [0.2, 0.25) is 0 Å². The van der Waals surface area contributed by atoms with Gasteiger partial charge in [-0.25, -0.2) is 4.98 Å². The highest BCUT2D eigenvalue weighted by Gasteiger charge is 2.08. The molecule has 0 unspecified atom stereocenters. The number of hydrogen-bond acceptors (Lipinski definition) is 3. The summed E-state index contributed by atoms with van der Waals surface area (Å²) < 4.78 is 0. The van der Waals surface area contributed by atoms with E-state index < -0.39 is 0 Å². The van der Waals surface area contributed by atoms with Gasteiger partial charge in [0.15, 0.2) is 0 Å². The van der Waals surface area contributed by atoms with Crippen molar-refractivity contribution in [2.45, 2.75) is 40.0 Å². The molecule has 0 aliphatic carbocycles. The first-order valence-electron chi connectivity index (χ1n) is 7.65. The van der Waals surface area contributed by atoms with E-state index in [1.807, 2.05) is 6.92 Å². The number of rotatable bonds is 9. The predicted octanol–water partition coefficient (Wildman–Crippen LogP) is 3.69. The van der Waals surface area contributed by atoms with E-state index in [4.69, 9.17) is 11.6 Å². The fourth-order valence-electron chi connectivity index (χ4n) is 2.42. The van der Waals surface area contributed by atoms with Gasteiger partial charge in [0, 0.05) is 24.7 Å². The Morgan fingerprint density at radius 1 is 1.05 bits per heavy atom. The molecule has 4 heteroatoms. The summed E-state index contributed by atoms with van der Waals surface area (Å²) in [6, 6.07) is 4.17. The molecule has 114 valence electrons. The Hall–Kier alpha value is -0.800. The SMILES string of the molecule is CCN(CC)CCCN(CC)c1cc(CCl)cc(C)n1. The second-order valence-corrected chi connectivity index (χ2v) is 5.34. The molecule has 20 heavy (non-hydrogen) atoms. The minimum Gasteiger partial charge on any atom is -0.357 e. The van der Waals surface area contributed by atoms with Gasteiger partial charge < -0.3 is 9.80 Å². The molecule has 0 saturated carbocycles. The molecule has 1 heterocycles. The quantitative estimate of drug-likeness (QED) is 0.648. The van der Waals surface area contributed by atoms with Crippen molar-refractivity contribution in [3.63, 3.8) is 0 Å². The molecule has 0 atom stereocenters. The maximum absolute atomic E-state index is 5.95. The zero-order valence-corrected chi connectivity index (χ0v) is 14.1. The molecule has 0 N–H and O–H groups in total. The Labute approximate surface area is 128 Å². The van der Waals surface area contributed by atoms with Crippen molar-refractivity contribution in [1.29, 1.82) is 0 Å². The number of aryl methyl sites for hydroxylation is 1. The topological polar surface area (TPSA) is 19.4 Å². The minimum atomic E-state index is 0.549. The van der Waals surface area contributed by atoms with Gasteiger partial charge in [0.25, 0.3) is 0 Å². The monoisotopic (exact) mass is 297 g/mol. The van der Waals surface area contributed by atoms with Crippen LogP contribution >= 0.6 is 11.6 Å². The Morgan fingerprint density at radius 2 is 1.75 bits per heavy atom. The molecular formula is C16H28ClN3. The third kappa shape index (κ3) is 5.29. The lowest BCUT2D eigenvalue weighted by atomic mass is 10.2. The number of halogens is 1. The first-order valence-corrected chi connectivity index (χ1v) is 8.18. The van der Waals surface area contributed by atoms with Gasteiger partial charge in [-0.05, 0) is 57.6 Å². The lowest BCUT2D eigenvalue weighted by molar-refractivity contribution is 0.300. The van der Waals surface area contributed by atoms with E-state index in [9.17, 15) is 0 Å². The predicted molar refractivity (Wildman–Crippen MR) is 88.8 cm³/mol. The lowest BCUT2D eigenvalue weighted by Gasteiger charge is -2.25. The molecule has 3 nitrogen and oxygen atoms in total. The number of aromatic nitrogens is 1. The second-order valence-electron chi connectivity index (χ2n) is 5.07. The van der Waals surface area contributed by atoms with Crippen LogP contribution in [0.2, 0.25) is 0 Å². The second kappa shape index (κ2) is 9.19. The van der Waals surface area contributed by atoms with Gasteiger partial charge in [-0.3, -0.25) is 0 Å². The lowest BCUT2D eigenvalue weighted by Crippen LogP contribution is -2.30.